The van der Waals surface area contributed by atoms with E-state index in [0.717, 1.165) is 12.1 Å². The molecule has 9 nitrogen and oxygen atoms in total. The van der Waals surface area contributed by atoms with Gasteiger partial charge in [-0.25, -0.2) is 9.97 Å². The summed E-state index contributed by atoms with van der Waals surface area (Å²) in [5, 5.41) is 25.4. The fourth-order valence-electron chi connectivity index (χ4n) is 3.54. The van der Waals surface area contributed by atoms with E-state index < -0.39 is 19.1 Å². The first-order valence-corrected chi connectivity index (χ1v) is 11.0. The fraction of sp³-hybridized carbons (Fsp3) is 0.292. The molecule has 1 aliphatic rings. The van der Waals surface area contributed by atoms with Gasteiger partial charge in [-0.05, 0) is 61.0 Å². The third-order valence-electron chi connectivity index (χ3n) is 5.30. The molecule has 4 N–H and O–H groups in total. The van der Waals surface area contributed by atoms with Crippen LogP contribution in [0.3, 0.4) is 0 Å². The van der Waals surface area contributed by atoms with Crippen molar-refractivity contribution in [3.8, 4) is 28.6 Å². The Morgan fingerprint density at radius 1 is 1.06 bits per heavy atom. The number of carbonyl (C=O) groups is 1. The molecule has 0 spiro atoms. The summed E-state index contributed by atoms with van der Waals surface area (Å²) in [7, 11) is 0. The van der Waals surface area contributed by atoms with Gasteiger partial charge >= 0.3 is 6.36 Å². The molecule has 2 atom stereocenters. The number of aromatic nitrogens is 2. The minimum absolute atomic E-state index is 0.0852. The number of hydrogen-bond donors (Lipinski definition) is 4. The van der Waals surface area contributed by atoms with E-state index in [2.05, 4.69) is 25.3 Å². The predicted octanol–water partition coefficient (Wildman–Crippen LogP) is 2.84. The van der Waals surface area contributed by atoms with E-state index in [1.54, 1.807) is 30.3 Å². The van der Waals surface area contributed by atoms with Gasteiger partial charge in [-0.2, -0.15) is 0 Å². The molecule has 4 rings (SSSR count). The molecule has 0 saturated carbocycles. The van der Waals surface area contributed by atoms with Gasteiger partial charge in [0.25, 0.3) is 0 Å². The Kier molecular flexibility index (Phi) is 7.67. The topological polar surface area (TPSA) is 126 Å². The van der Waals surface area contributed by atoms with Crippen molar-refractivity contribution >= 4 is 5.91 Å². The van der Waals surface area contributed by atoms with E-state index in [1.807, 2.05) is 0 Å². The number of aliphatic hydroxyl groups excluding tert-OH is 2. The highest BCUT2D eigenvalue weighted by molar-refractivity contribution is 5.83. The first kappa shape index (κ1) is 25.4. The SMILES string of the molecule is O=C1NCC[C@@H]1NCc1cc(C(O)CO)nc(-c2ccc(Oc3ccc(OC(F)(F)F)cc3)cc2)n1. The van der Waals surface area contributed by atoms with Crippen molar-refractivity contribution in [3.05, 3.63) is 66.0 Å². The molecule has 1 amide bonds. The average Bonchev–Trinajstić information content (AvgIpc) is 3.27. The normalized spacial score (nSPS) is 16.5. The molecule has 0 bridgehead atoms. The summed E-state index contributed by atoms with van der Waals surface area (Å²) in [5.41, 5.74) is 1.36. The van der Waals surface area contributed by atoms with Gasteiger partial charge in [-0.3, -0.25) is 4.79 Å². The summed E-state index contributed by atoms with van der Waals surface area (Å²) in [6.07, 6.45) is -5.32. The van der Waals surface area contributed by atoms with Crippen LogP contribution in [0.25, 0.3) is 11.4 Å². The van der Waals surface area contributed by atoms with Crippen LogP contribution in [0.15, 0.2) is 54.6 Å². The number of rotatable bonds is 9. The molecule has 1 aromatic heterocycles. The fourth-order valence-corrected chi connectivity index (χ4v) is 3.54. The first-order chi connectivity index (χ1) is 17.2. The second-order valence-corrected chi connectivity index (χ2v) is 7.96. The molecule has 12 heteroatoms. The predicted molar refractivity (Wildman–Crippen MR) is 121 cm³/mol. The molecular weight excluding hydrogens is 481 g/mol. The number of nitrogens with one attached hydrogen (secondary N) is 2. The number of halogens is 3. The number of ether oxygens (including phenoxy) is 2. The maximum Gasteiger partial charge on any atom is 0.573 e. The Hall–Kier alpha value is -3.74. The molecule has 190 valence electrons. The third-order valence-corrected chi connectivity index (χ3v) is 5.30. The molecule has 1 aliphatic heterocycles. The molecule has 2 heterocycles. The second kappa shape index (κ2) is 10.9. The Balaban J connectivity index is 1.48. The number of carbonyl (C=O) groups excluding carboxylic acids is 1. The number of amides is 1. The standard InChI is InChI=1S/C24H23F3N4O5/c25-24(26,27)36-18-7-5-17(6-8-18)35-16-3-1-14(2-4-16)22-30-15(11-20(31-22)21(33)13-32)12-29-19-9-10-28-23(19)34/h1-8,11,19,21,29,32-33H,9-10,12-13H2,(H,28,34)/t19-,21?/m0/s1. The molecule has 2 aromatic carbocycles. The van der Waals surface area contributed by atoms with Gasteiger partial charge in [0.15, 0.2) is 5.82 Å². The van der Waals surface area contributed by atoms with Gasteiger partial charge in [-0.15, -0.1) is 13.2 Å². The maximum absolute atomic E-state index is 12.3. The Morgan fingerprint density at radius 2 is 1.69 bits per heavy atom. The number of benzene rings is 2. The van der Waals surface area contributed by atoms with Crippen LogP contribution in [-0.4, -0.2) is 51.6 Å². The van der Waals surface area contributed by atoms with E-state index in [4.69, 9.17) is 4.74 Å². The number of nitrogens with zero attached hydrogens (tertiary/aromatic N) is 2. The third kappa shape index (κ3) is 6.68. The van der Waals surface area contributed by atoms with Crippen LogP contribution in [-0.2, 0) is 11.3 Å². The van der Waals surface area contributed by atoms with Gasteiger partial charge in [-0.1, -0.05) is 0 Å². The highest BCUT2D eigenvalue weighted by Gasteiger charge is 2.31. The monoisotopic (exact) mass is 504 g/mol. The van der Waals surface area contributed by atoms with Crippen molar-refractivity contribution < 1.29 is 37.7 Å². The van der Waals surface area contributed by atoms with Crippen LogP contribution in [0, 0.1) is 0 Å². The quantitative estimate of drug-likeness (QED) is 0.351. The van der Waals surface area contributed by atoms with Crippen molar-refractivity contribution in [2.45, 2.75) is 31.5 Å². The average molecular weight is 504 g/mol. The zero-order valence-electron chi connectivity index (χ0n) is 18.8. The van der Waals surface area contributed by atoms with Crippen LogP contribution in [0.5, 0.6) is 17.2 Å². The smallest absolute Gasteiger partial charge is 0.457 e. The van der Waals surface area contributed by atoms with E-state index in [-0.39, 0.29) is 29.9 Å². The lowest BCUT2D eigenvalue weighted by atomic mass is 10.1. The molecule has 3 aromatic rings. The first-order valence-electron chi connectivity index (χ1n) is 11.0. The summed E-state index contributed by atoms with van der Waals surface area (Å²) in [6.45, 7) is 0.335. The lowest BCUT2D eigenvalue weighted by Gasteiger charge is -2.14. The zero-order valence-corrected chi connectivity index (χ0v) is 18.8. The van der Waals surface area contributed by atoms with E-state index in [0.29, 0.717) is 41.5 Å². The van der Waals surface area contributed by atoms with Crippen LogP contribution < -0.4 is 20.1 Å². The van der Waals surface area contributed by atoms with Crippen LogP contribution in [0.2, 0.25) is 0 Å². The molecule has 36 heavy (non-hydrogen) atoms. The lowest BCUT2D eigenvalue weighted by Crippen LogP contribution is -2.36. The minimum Gasteiger partial charge on any atom is -0.457 e. The van der Waals surface area contributed by atoms with E-state index in [1.165, 1.54) is 12.1 Å². The number of hydrogen-bond acceptors (Lipinski definition) is 8. The molecule has 1 unspecified atom stereocenters. The Morgan fingerprint density at radius 3 is 2.28 bits per heavy atom. The lowest BCUT2D eigenvalue weighted by molar-refractivity contribution is -0.274. The highest BCUT2D eigenvalue weighted by Crippen LogP contribution is 2.28. The van der Waals surface area contributed by atoms with Gasteiger partial charge < -0.3 is 30.3 Å². The van der Waals surface area contributed by atoms with Gasteiger partial charge in [0.2, 0.25) is 5.91 Å². The van der Waals surface area contributed by atoms with Crippen LogP contribution >= 0.6 is 0 Å². The number of aliphatic hydroxyl groups is 2. The minimum atomic E-state index is -4.77. The van der Waals surface area contributed by atoms with E-state index >= 15 is 0 Å². The second-order valence-electron chi connectivity index (χ2n) is 7.96. The number of alkyl halides is 3. The van der Waals surface area contributed by atoms with Gasteiger partial charge in [0, 0.05) is 18.7 Å². The summed E-state index contributed by atoms with van der Waals surface area (Å²) < 4.78 is 46.4. The van der Waals surface area contributed by atoms with Crippen LogP contribution in [0.1, 0.15) is 23.9 Å². The molecule has 1 fully saturated rings. The molecule has 0 radical (unpaired) electrons. The van der Waals surface area contributed by atoms with Gasteiger partial charge in [0.05, 0.1) is 24.0 Å². The summed E-state index contributed by atoms with van der Waals surface area (Å²) in [4.78, 5) is 20.7. The van der Waals surface area contributed by atoms with Crippen LogP contribution in [0.4, 0.5) is 13.2 Å². The van der Waals surface area contributed by atoms with Crippen molar-refractivity contribution in [1.82, 2.24) is 20.6 Å². The molecule has 1 saturated heterocycles. The Labute approximate surface area is 203 Å². The highest BCUT2D eigenvalue weighted by atomic mass is 19.4. The molecule has 0 aliphatic carbocycles. The van der Waals surface area contributed by atoms with Crippen molar-refractivity contribution in [2.75, 3.05) is 13.2 Å². The zero-order chi connectivity index (χ0) is 25.7. The largest absolute Gasteiger partial charge is 0.573 e. The van der Waals surface area contributed by atoms with Gasteiger partial charge in [0.1, 0.15) is 23.4 Å². The Bertz CT molecular complexity index is 1190. The summed E-state index contributed by atoms with van der Waals surface area (Å²) in [5.74, 6) is 0.590. The maximum atomic E-state index is 12.3. The van der Waals surface area contributed by atoms with Crippen molar-refractivity contribution in [1.29, 1.82) is 0 Å². The summed E-state index contributed by atoms with van der Waals surface area (Å²) in [6, 6.07) is 12.9. The van der Waals surface area contributed by atoms with Crippen molar-refractivity contribution in [3.63, 3.8) is 0 Å². The summed E-state index contributed by atoms with van der Waals surface area (Å²) >= 11 is 0. The van der Waals surface area contributed by atoms with Crippen molar-refractivity contribution in [2.24, 2.45) is 0 Å². The molecular formula is C24H23F3N4O5. The van der Waals surface area contributed by atoms with E-state index in [9.17, 15) is 28.2 Å².